The van der Waals surface area contributed by atoms with Crippen molar-refractivity contribution in [2.75, 3.05) is 26.2 Å². The molecule has 8 atom stereocenters. The first-order valence-corrected chi connectivity index (χ1v) is 22.4. The van der Waals surface area contributed by atoms with E-state index < -0.39 is 36.6 Å². The molecule has 0 fully saturated rings. The van der Waals surface area contributed by atoms with Gasteiger partial charge in [-0.15, -0.1) is 0 Å². The van der Waals surface area contributed by atoms with Crippen molar-refractivity contribution in [3.8, 4) is 23.0 Å². The Hall–Kier alpha value is -5.22. The van der Waals surface area contributed by atoms with Crippen LogP contribution in [0.2, 0.25) is 0 Å². The lowest BCUT2D eigenvalue weighted by Gasteiger charge is -2.35. The number of nitrogens with zero attached hydrogens (tertiary/aromatic N) is 1. The van der Waals surface area contributed by atoms with Crippen LogP contribution in [0.25, 0.3) is 0 Å². The van der Waals surface area contributed by atoms with E-state index in [1.165, 1.54) is 48.5 Å². The molecule has 14 heteroatoms. The van der Waals surface area contributed by atoms with Crippen molar-refractivity contribution >= 4 is 0 Å². The third-order valence-electron chi connectivity index (χ3n) is 12.6. The molecular formula is C51H56F4N2O8. The fourth-order valence-corrected chi connectivity index (χ4v) is 9.05. The van der Waals surface area contributed by atoms with E-state index in [1.807, 2.05) is 35.2 Å². The van der Waals surface area contributed by atoms with Crippen LogP contribution in [0.5, 0.6) is 23.0 Å². The number of aryl methyl sites for hydroxylation is 4. The van der Waals surface area contributed by atoms with Gasteiger partial charge in [0, 0.05) is 32.7 Å². The summed E-state index contributed by atoms with van der Waals surface area (Å²) < 4.78 is 77.3. The summed E-state index contributed by atoms with van der Waals surface area (Å²) in [5.74, 6) is 1.24. The average Bonchev–Trinajstić information content (AvgIpc) is 3.31. The second kappa shape index (κ2) is 21.4. The number of nitrogens with one attached hydrogen (secondary N) is 1. The summed E-state index contributed by atoms with van der Waals surface area (Å²) in [5, 5.41) is 46.1. The highest BCUT2D eigenvalue weighted by Gasteiger charge is 2.33. The van der Waals surface area contributed by atoms with E-state index >= 15 is 0 Å². The van der Waals surface area contributed by atoms with Crippen molar-refractivity contribution in [1.29, 1.82) is 0 Å². The lowest BCUT2D eigenvalue weighted by atomic mass is 9.97. The standard InChI is InChI=1S/C29H31F2NO4.C22H25F2NO4/c30-22-8-12-26-20(14-22)6-10-28(35-26)24(33)17-32(16-19-4-2-1-3-5-19)18-25(34)29-11-7-21-15-23(31)9-13-27(21)36-29;23-15-3-7-19-13(9-15)1-5-21(28-19)17(26)11-25-12-18(27)22-6-2-14-10-16(24)4-8-20(14)29-22/h1-5,8-9,12-15,24-25,28-29,33-34H,6-7,10-11,16-18H2;3-4,7-10,17-18,21-22,25-27H,1-2,5-6,11-12H2/t24-,25-,28-,29+;17-,18-,21-,22+/m11/s1. The first-order valence-electron chi connectivity index (χ1n) is 22.4. The molecule has 10 nitrogen and oxygen atoms in total. The third-order valence-corrected chi connectivity index (χ3v) is 12.6. The molecule has 0 radical (unpaired) electrons. The highest BCUT2D eigenvalue weighted by Crippen LogP contribution is 2.33. The van der Waals surface area contributed by atoms with Gasteiger partial charge in [-0.25, -0.2) is 17.6 Å². The molecule has 4 aliphatic rings. The van der Waals surface area contributed by atoms with Gasteiger partial charge in [-0.1, -0.05) is 30.3 Å². The van der Waals surface area contributed by atoms with Gasteiger partial charge in [0.05, 0.1) is 0 Å². The van der Waals surface area contributed by atoms with Gasteiger partial charge in [-0.2, -0.15) is 0 Å². The van der Waals surface area contributed by atoms with Gasteiger partial charge in [0.1, 0.15) is 95.1 Å². The molecule has 346 valence electrons. The Balaban J connectivity index is 0.000000181. The molecule has 0 saturated carbocycles. The zero-order valence-electron chi connectivity index (χ0n) is 36.0. The number of rotatable bonds is 14. The molecule has 4 aliphatic heterocycles. The highest BCUT2D eigenvalue weighted by molar-refractivity contribution is 5.38. The number of aliphatic hydroxyl groups is 4. The van der Waals surface area contributed by atoms with Crippen LogP contribution in [-0.4, -0.2) is 100 Å². The van der Waals surface area contributed by atoms with Crippen molar-refractivity contribution in [1.82, 2.24) is 10.2 Å². The van der Waals surface area contributed by atoms with Gasteiger partial charge in [0.15, 0.2) is 0 Å². The molecule has 0 aliphatic carbocycles. The van der Waals surface area contributed by atoms with Crippen LogP contribution < -0.4 is 24.3 Å². The summed E-state index contributed by atoms with van der Waals surface area (Å²) >= 11 is 0. The van der Waals surface area contributed by atoms with E-state index in [0.717, 1.165) is 27.8 Å². The molecule has 0 aromatic heterocycles. The molecule has 0 saturated heterocycles. The molecule has 4 heterocycles. The maximum atomic E-state index is 13.5. The van der Waals surface area contributed by atoms with E-state index in [-0.39, 0.29) is 48.6 Å². The maximum absolute atomic E-state index is 13.5. The second-order valence-electron chi connectivity index (χ2n) is 17.4. The summed E-state index contributed by atoms with van der Waals surface area (Å²) in [6, 6.07) is 27.6. The highest BCUT2D eigenvalue weighted by atomic mass is 19.1. The van der Waals surface area contributed by atoms with Gasteiger partial charge >= 0.3 is 0 Å². The first kappa shape index (κ1) is 46.3. The van der Waals surface area contributed by atoms with Crippen molar-refractivity contribution in [2.45, 2.75) is 107 Å². The minimum atomic E-state index is -0.796. The zero-order valence-corrected chi connectivity index (χ0v) is 36.0. The summed E-state index contributed by atoms with van der Waals surface area (Å²) in [6.45, 7) is 1.64. The van der Waals surface area contributed by atoms with E-state index in [1.54, 1.807) is 24.3 Å². The normalized spacial score (nSPS) is 21.5. The van der Waals surface area contributed by atoms with Crippen LogP contribution in [0.4, 0.5) is 17.6 Å². The smallest absolute Gasteiger partial charge is 0.126 e. The Morgan fingerprint density at radius 1 is 0.462 bits per heavy atom. The van der Waals surface area contributed by atoms with E-state index in [4.69, 9.17) is 18.9 Å². The van der Waals surface area contributed by atoms with Gasteiger partial charge in [-0.05, 0) is 152 Å². The molecule has 0 bridgehead atoms. The molecule has 0 unspecified atom stereocenters. The molecule has 5 N–H and O–H groups in total. The molecule has 9 rings (SSSR count). The van der Waals surface area contributed by atoms with Gasteiger partial charge in [0.2, 0.25) is 0 Å². The van der Waals surface area contributed by atoms with Crippen LogP contribution >= 0.6 is 0 Å². The molecular weight excluding hydrogens is 845 g/mol. The number of ether oxygens (including phenoxy) is 4. The van der Waals surface area contributed by atoms with Crippen molar-refractivity contribution < 1.29 is 56.9 Å². The predicted octanol–water partition coefficient (Wildman–Crippen LogP) is 6.64. The topological polar surface area (TPSA) is 133 Å². The van der Waals surface area contributed by atoms with Crippen molar-refractivity contribution in [3.05, 3.63) is 154 Å². The summed E-state index contributed by atoms with van der Waals surface area (Å²) in [6.07, 6.45) is 0.197. The molecule has 0 amide bonds. The van der Waals surface area contributed by atoms with Crippen LogP contribution in [0, 0.1) is 23.3 Å². The lowest BCUT2D eigenvalue weighted by Crippen LogP contribution is -2.48. The van der Waals surface area contributed by atoms with Crippen molar-refractivity contribution in [3.63, 3.8) is 0 Å². The monoisotopic (exact) mass is 900 g/mol. The quantitative estimate of drug-likeness (QED) is 0.0774. The number of benzene rings is 5. The summed E-state index contributed by atoms with van der Waals surface area (Å²) in [4.78, 5) is 2.01. The van der Waals surface area contributed by atoms with Crippen LogP contribution in [0.1, 0.15) is 53.5 Å². The Morgan fingerprint density at radius 3 is 1.12 bits per heavy atom. The van der Waals surface area contributed by atoms with E-state index in [9.17, 15) is 38.0 Å². The number of hydrogen-bond acceptors (Lipinski definition) is 10. The SMILES string of the molecule is O[C@H](CN(Cc1ccccc1)C[C@@H](O)[C@H]1CCc2cc(F)ccc2O1)[C@@H]1CCc2cc(F)ccc2O1.O[C@H](CNC[C@@H](O)[C@H]1CCc2cc(F)ccc2O1)[C@@H]1CCc2cc(F)ccc2O1. The lowest BCUT2D eigenvalue weighted by molar-refractivity contribution is -0.0295. The fraction of sp³-hybridized carbons (Fsp3) is 0.412. The van der Waals surface area contributed by atoms with Gasteiger partial charge in [-0.3, -0.25) is 4.90 Å². The molecule has 65 heavy (non-hydrogen) atoms. The molecule has 5 aromatic rings. The van der Waals surface area contributed by atoms with E-state index in [0.29, 0.717) is 94.0 Å². The first-order chi connectivity index (χ1) is 31.4. The minimum Gasteiger partial charge on any atom is -0.487 e. The van der Waals surface area contributed by atoms with Crippen LogP contribution in [0.3, 0.4) is 0 Å². The van der Waals surface area contributed by atoms with Gasteiger partial charge < -0.3 is 44.7 Å². The van der Waals surface area contributed by atoms with Crippen molar-refractivity contribution in [2.24, 2.45) is 0 Å². The zero-order chi connectivity index (χ0) is 45.5. The van der Waals surface area contributed by atoms with E-state index in [2.05, 4.69) is 5.32 Å². The number of aliphatic hydroxyl groups excluding tert-OH is 4. The predicted molar refractivity (Wildman–Crippen MR) is 235 cm³/mol. The van der Waals surface area contributed by atoms with Crippen LogP contribution in [-0.2, 0) is 32.2 Å². The number of fused-ring (bicyclic) bond motifs is 4. The Bertz CT molecular complexity index is 2220. The summed E-state index contributed by atoms with van der Waals surface area (Å²) in [5.41, 5.74) is 4.31. The number of hydrogen-bond donors (Lipinski definition) is 5. The number of halogens is 4. The average molecular weight is 901 g/mol. The molecule has 5 aromatic carbocycles. The fourth-order valence-electron chi connectivity index (χ4n) is 9.05. The largest absolute Gasteiger partial charge is 0.487 e. The Labute approximate surface area is 376 Å². The third kappa shape index (κ3) is 12.2. The molecule has 0 spiro atoms. The minimum absolute atomic E-state index is 0.257. The van der Waals surface area contributed by atoms with Gasteiger partial charge in [0.25, 0.3) is 0 Å². The Morgan fingerprint density at radius 2 is 0.785 bits per heavy atom. The summed E-state index contributed by atoms with van der Waals surface area (Å²) in [7, 11) is 0. The second-order valence-corrected chi connectivity index (χ2v) is 17.4. The van der Waals surface area contributed by atoms with Crippen LogP contribution in [0.15, 0.2) is 103 Å². The Kier molecular flexibility index (Phi) is 15.2. The maximum Gasteiger partial charge on any atom is 0.126 e.